The van der Waals surface area contributed by atoms with Crippen LogP contribution in [0.1, 0.15) is 32.1 Å². The van der Waals surface area contributed by atoms with Crippen molar-refractivity contribution in [2.45, 2.75) is 37.8 Å². The monoisotopic (exact) mass is 297 g/mol. The van der Waals surface area contributed by atoms with Gasteiger partial charge in [-0.05, 0) is 37.8 Å². The van der Waals surface area contributed by atoms with Gasteiger partial charge in [0.05, 0.1) is 17.5 Å². The molecule has 2 heterocycles. The minimum Gasteiger partial charge on any atom is -0.369 e. The zero-order valence-electron chi connectivity index (χ0n) is 12.3. The Balaban J connectivity index is 1.91. The van der Waals surface area contributed by atoms with Crippen molar-refractivity contribution in [1.82, 2.24) is 9.97 Å². The summed E-state index contributed by atoms with van der Waals surface area (Å²) in [5.74, 6) is 0.662. The normalized spacial score (nSPS) is 21.0. The average Bonchev–Trinajstić information content (AvgIpc) is 2.96. The fraction of sp³-hybridized carbons (Fsp3) is 0.400. The molecule has 2 aliphatic rings. The Bertz CT molecular complexity index is 767. The lowest BCUT2D eigenvalue weighted by Gasteiger charge is -2.45. The molecule has 2 aromatic rings. The summed E-state index contributed by atoms with van der Waals surface area (Å²) in [6.07, 6.45) is 6.97. The van der Waals surface area contributed by atoms with E-state index < -0.39 is 5.66 Å². The van der Waals surface area contributed by atoms with Gasteiger partial charge in [-0.2, -0.15) is 4.99 Å². The summed E-state index contributed by atoms with van der Waals surface area (Å²) in [4.78, 5) is 18.5. The largest absolute Gasteiger partial charge is 0.369 e. The van der Waals surface area contributed by atoms with Crippen LogP contribution in [0.4, 0.5) is 5.69 Å². The van der Waals surface area contributed by atoms with Crippen molar-refractivity contribution in [2.75, 3.05) is 4.90 Å². The maximum Gasteiger partial charge on any atom is 0.220 e. The van der Waals surface area contributed by atoms with Crippen molar-refractivity contribution in [3.05, 3.63) is 24.5 Å². The molecule has 1 aliphatic carbocycles. The van der Waals surface area contributed by atoms with Crippen LogP contribution in [0.2, 0.25) is 0 Å². The molecule has 7 nitrogen and oxygen atoms in total. The molecule has 0 unspecified atom stereocenters. The highest BCUT2D eigenvalue weighted by atomic mass is 15.4. The molecule has 5 N–H and O–H groups in total. The SMILES string of the molecule is NC1=NC2(CCCCC2)N(c2cccc3[nH]cnc23)C(N)=N1. The molecule has 0 saturated heterocycles. The number of aromatic nitrogens is 2. The van der Waals surface area contributed by atoms with E-state index in [-0.39, 0.29) is 5.96 Å². The zero-order chi connectivity index (χ0) is 15.2. The summed E-state index contributed by atoms with van der Waals surface area (Å²) in [5.41, 5.74) is 14.5. The van der Waals surface area contributed by atoms with Crippen molar-refractivity contribution in [3.8, 4) is 0 Å². The predicted octanol–water partition coefficient (Wildman–Crippen LogP) is 1.67. The fourth-order valence-electron chi connectivity index (χ4n) is 3.60. The first kappa shape index (κ1) is 13.1. The lowest BCUT2D eigenvalue weighted by molar-refractivity contribution is 0.306. The number of hydrogen-bond acceptors (Lipinski definition) is 6. The molecule has 0 bridgehead atoms. The summed E-state index contributed by atoms with van der Waals surface area (Å²) in [6, 6.07) is 5.99. The summed E-state index contributed by atoms with van der Waals surface area (Å²) < 4.78 is 0. The smallest absolute Gasteiger partial charge is 0.220 e. The topological polar surface area (TPSA) is 109 Å². The third kappa shape index (κ3) is 1.85. The summed E-state index contributed by atoms with van der Waals surface area (Å²) in [7, 11) is 0. The summed E-state index contributed by atoms with van der Waals surface area (Å²) >= 11 is 0. The van der Waals surface area contributed by atoms with Crippen molar-refractivity contribution < 1.29 is 0 Å². The third-order valence-corrected chi connectivity index (χ3v) is 4.52. The Labute approximate surface area is 128 Å². The van der Waals surface area contributed by atoms with Crippen LogP contribution >= 0.6 is 0 Å². The van der Waals surface area contributed by atoms with Crippen LogP contribution in [0, 0.1) is 0 Å². The van der Waals surface area contributed by atoms with Crippen molar-refractivity contribution in [1.29, 1.82) is 0 Å². The number of imidazole rings is 1. The van der Waals surface area contributed by atoms with Gasteiger partial charge in [0.2, 0.25) is 11.9 Å². The van der Waals surface area contributed by atoms with Gasteiger partial charge < -0.3 is 16.5 Å². The van der Waals surface area contributed by atoms with Crippen LogP contribution in [0.5, 0.6) is 0 Å². The molecule has 1 aromatic heterocycles. The van der Waals surface area contributed by atoms with E-state index in [1.807, 2.05) is 23.1 Å². The van der Waals surface area contributed by atoms with Gasteiger partial charge in [-0.1, -0.05) is 12.5 Å². The first-order chi connectivity index (χ1) is 10.7. The van der Waals surface area contributed by atoms with Crippen molar-refractivity contribution in [3.63, 3.8) is 0 Å². The molecule has 0 amide bonds. The molecule has 0 radical (unpaired) electrons. The van der Waals surface area contributed by atoms with E-state index in [9.17, 15) is 0 Å². The van der Waals surface area contributed by atoms with E-state index >= 15 is 0 Å². The molecule has 114 valence electrons. The van der Waals surface area contributed by atoms with E-state index in [1.165, 1.54) is 6.42 Å². The van der Waals surface area contributed by atoms with Crippen LogP contribution in [0.3, 0.4) is 0 Å². The number of aromatic amines is 1. The number of nitrogens with zero attached hydrogens (tertiary/aromatic N) is 4. The molecule has 1 aliphatic heterocycles. The van der Waals surface area contributed by atoms with Crippen molar-refractivity contribution in [2.24, 2.45) is 21.5 Å². The maximum atomic E-state index is 6.24. The number of aliphatic imine (C=N–C) groups is 2. The number of H-pyrrole nitrogens is 1. The van der Waals surface area contributed by atoms with E-state index in [0.29, 0.717) is 5.96 Å². The maximum absolute atomic E-state index is 6.24. The van der Waals surface area contributed by atoms with Crippen LogP contribution in [0.25, 0.3) is 11.0 Å². The number of para-hydroxylation sites is 1. The second kappa shape index (κ2) is 4.72. The zero-order valence-corrected chi connectivity index (χ0v) is 12.3. The van der Waals surface area contributed by atoms with E-state index in [1.54, 1.807) is 6.33 Å². The van der Waals surface area contributed by atoms with Crippen LogP contribution in [-0.4, -0.2) is 27.5 Å². The lowest BCUT2D eigenvalue weighted by Crippen LogP contribution is -2.58. The molecule has 1 saturated carbocycles. The minimum atomic E-state index is -0.429. The molecule has 1 fully saturated rings. The fourth-order valence-corrected chi connectivity index (χ4v) is 3.60. The Kier molecular flexibility index (Phi) is 2.82. The average molecular weight is 297 g/mol. The van der Waals surface area contributed by atoms with Gasteiger partial charge >= 0.3 is 0 Å². The predicted molar refractivity (Wildman–Crippen MR) is 87.6 cm³/mol. The van der Waals surface area contributed by atoms with Crippen LogP contribution in [-0.2, 0) is 0 Å². The number of nitrogens with two attached hydrogens (primary N) is 2. The number of guanidine groups is 2. The molecular weight excluding hydrogens is 278 g/mol. The number of fused-ring (bicyclic) bond motifs is 1. The van der Waals surface area contributed by atoms with E-state index in [4.69, 9.17) is 11.5 Å². The molecular formula is C15H19N7. The first-order valence-corrected chi connectivity index (χ1v) is 7.61. The molecule has 0 atom stereocenters. The summed E-state index contributed by atoms with van der Waals surface area (Å²) in [5, 5.41) is 0. The summed E-state index contributed by atoms with van der Waals surface area (Å²) in [6.45, 7) is 0. The number of nitrogens with one attached hydrogen (secondary N) is 1. The minimum absolute atomic E-state index is 0.268. The Morgan fingerprint density at radius 2 is 1.95 bits per heavy atom. The van der Waals surface area contributed by atoms with E-state index in [0.717, 1.165) is 42.4 Å². The van der Waals surface area contributed by atoms with Crippen molar-refractivity contribution >= 4 is 28.6 Å². The van der Waals surface area contributed by atoms with Crippen LogP contribution < -0.4 is 16.4 Å². The van der Waals surface area contributed by atoms with E-state index in [2.05, 4.69) is 20.0 Å². The molecule has 7 heteroatoms. The van der Waals surface area contributed by atoms with Gasteiger partial charge in [0, 0.05) is 0 Å². The van der Waals surface area contributed by atoms with Gasteiger partial charge in [-0.25, -0.2) is 9.98 Å². The first-order valence-electron chi connectivity index (χ1n) is 7.61. The van der Waals surface area contributed by atoms with Crippen LogP contribution in [0.15, 0.2) is 34.5 Å². The second-order valence-electron chi connectivity index (χ2n) is 5.89. The number of rotatable bonds is 1. The van der Waals surface area contributed by atoms with Gasteiger partial charge in [0.15, 0.2) is 0 Å². The number of anilines is 1. The molecule has 22 heavy (non-hydrogen) atoms. The van der Waals surface area contributed by atoms with Gasteiger partial charge in [0.1, 0.15) is 11.2 Å². The molecule has 1 spiro atoms. The highest BCUT2D eigenvalue weighted by Crippen LogP contribution is 2.41. The Hall–Kier alpha value is -2.57. The molecule has 4 rings (SSSR count). The molecule has 1 aromatic carbocycles. The Morgan fingerprint density at radius 1 is 1.14 bits per heavy atom. The number of hydrogen-bond donors (Lipinski definition) is 3. The third-order valence-electron chi connectivity index (χ3n) is 4.52. The highest BCUT2D eigenvalue weighted by Gasteiger charge is 2.43. The standard InChI is InChI=1S/C15H19N7/c16-13-20-14(17)22(15(21-13)7-2-1-3-8-15)11-6-4-5-10-12(11)19-9-18-10/h4-6,9H,1-3,7-8H2,(H,18,19)(H4,16,17,20,21). The quantitative estimate of drug-likeness (QED) is 0.744. The van der Waals surface area contributed by atoms with Gasteiger partial charge in [0.25, 0.3) is 0 Å². The van der Waals surface area contributed by atoms with Gasteiger partial charge in [-0.3, -0.25) is 4.90 Å². The lowest BCUT2D eigenvalue weighted by atomic mass is 9.87. The Morgan fingerprint density at radius 3 is 2.77 bits per heavy atom. The van der Waals surface area contributed by atoms with Gasteiger partial charge in [-0.15, -0.1) is 0 Å². The highest BCUT2D eigenvalue weighted by molar-refractivity contribution is 6.09. The number of benzene rings is 1. The second-order valence-corrected chi connectivity index (χ2v) is 5.89.